The Bertz CT molecular complexity index is 426. The third kappa shape index (κ3) is 3.46. The highest BCUT2D eigenvalue weighted by atomic mass is 32.1. The van der Waals surface area contributed by atoms with Gasteiger partial charge in [0, 0.05) is 30.2 Å². The lowest BCUT2D eigenvalue weighted by Gasteiger charge is -2.47. The van der Waals surface area contributed by atoms with Crippen molar-refractivity contribution in [3.05, 3.63) is 11.1 Å². The molecule has 0 aliphatic carbocycles. The zero-order valence-electron chi connectivity index (χ0n) is 12.8. The smallest absolute Gasteiger partial charge is 0.185 e. The minimum atomic E-state index is -0.137. The Balaban J connectivity index is 2.19. The van der Waals surface area contributed by atoms with Gasteiger partial charge in [-0.05, 0) is 41.7 Å². The molecule has 0 spiro atoms. The van der Waals surface area contributed by atoms with Gasteiger partial charge in [-0.25, -0.2) is 4.98 Å². The quantitative estimate of drug-likeness (QED) is 0.925. The second-order valence-corrected chi connectivity index (χ2v) is 7.57. The van der Waals surface area contributed by atoms with E-state index in [0.29, 0.717) is 6.04 Å². The van der Waals surface area contributed by atoms with Gasteiger partial charge in [0.2, 0.25) is 0 Å². The number of ether oxygens (including phenoxy) is 1. The molecule has 108 valence electrons. The molecule has 1 atom stereocenters. The maximum Gasteiger partial charge on any atom is 0.185 e. The monoisotopic (exact) mass is 283 g/mol. The zero-order chi connectivity index (χ0) is 14.3. The van der Waals surface area contributed by atoms with Crippen molar-refractivity contribution in [2.24, 2.45) is 0 Å². The van der Waals surface area contributed by atoms with Crippen LogP contribution >= 0.6 is 11.3 Å². The first kappa shape index (κ1) is 14.8. The Labute approximate surface area is 120 Å². The van der Waals surface area contributed by atoms with E-state index in [4.69, 9.17) is 4.74 Å². The number of rotatable bonds is 3. The van der Waals surface area contributed by atoms with Gasteiger partial charge in [-0.2, -0.15) is 0 Å². The van der Waals surface area contributed by atoms with E-state index in [0.717, 1.165) is 18.2 Å². The molecule has 19 heavy (non-hydrogen) atoms. The van der Waals surface area contributed by atoms with Crippen LogP contribution in [-0.2, 0) is 4.74 Å². The van der Waals surface area contributed by atoms with Gasteiger partial charge < -0.3 is 15.0 Å². The fourth-order valence-electron chi connectivity index (χ4n) is 2.69. The van der Waals surface area contributed by atoms with Crippen LogP contribution in [0.4, 0.5) is 5.13 Å². The third-order valence-electron chi connectivity index (χ3n) is 3.34. The highest BCUT2D eigenvalue weighted by Gasteiger charge is 2.39. The average Bonchev–Trinajstić information content (AvgIpc) is 2.73. The molecule has 5 heteroatoms. The van der Waals surface area contributed by atoms with Crippen molar-refractivity contribution in [2.75, 3.05) is 25.0 Å². The number of aromatic nitrogens is 1. The van der Waals surface area contributed by atoms with Crippen molar-refractivity contribution < 1.29 is 4.74 Å². The van der Waals surface area contributed by atoms with Crippen LogP contribution in [0.2, 0.25) is 0 Å². The zero-order valence-corrected chi connectivity index (χ0v) is 13.6. The lowest BCUT2D eigenvalue weighted by atomic mass is 9.99. The third-order valence-corrected chi connectivity index (χ3v) is 4.58. The van der Waals surface area contributed by atoms with Crippen LogP contribution in [0.1, 0.15) is 45.5 Å². The first-order chi connectivity index (χ1) is 8.72. The van der Waals surface area contributed by atoms with Gasteiger partial charge in [-0.3, -0.25) is 0 Å². The molecule has 0 amide bonds. The van der Waals surface area contributed by atoms with Crippen molar-refractivity contribution in [1.29, 1.82) is 0 Å². The Morgan fingerprint density at radius 1 is 1.32 bits per heavy atom. The summed E-state index contributed by atoms with van der Waals surface area (Å²) in [5.41, 5.74) is -0.273. The summed E-state index contributed by atoms with van der Waals surface area (Å²) in [6, 6.07) is 0.355. The molecule has 1 aromatic rings. The topological polar surface area (TPSA) is 37.4 Å². The summed E-state index contributed by atoms with van der Waals surface area (Å²) >= 11 is 1.77. The molecule has 1 aliphatic rings. The van der Waals surface area contributed by atoms with E-state index in [1.807, 2.05) is 13.2 Å². The molecule has 1 fully saturated rings. The largest absolute Gasteiger partial charge is 0.366 e. The van der Waals surface area contributed by atoms with Gasteiger partial charge in [0.25, 0.3) is 0 Å². The van der Waals surface area contributed by atoms with E-state index in [1.165, 1.54) is 4.88 Å². The predicted octanol–water partition coefficient (Wildman–Crippen LogP) is 2.82. The first-order valence-electron chi connectivity index (χ1n) is 6.80. The maximum absolute atomic E-state index is 6.11. The summed E-state index contributed by atoms with van der Waals surface area (Å²) in [6.07, 6.45) is 1.98. The molecule has 1 aliphatic heterocycles. The normalized spacial score (nSPS) is 23.4. The summed E-state index contributed by atoms with van der Waals surface area (Å²) in [7, 11) is 1.98. The van der Waals surface area contributed by atoms with E-state index in [2.05, 4.69) is 49.8 Å². The summed E-state index contributed by atoms with van der Waals surface area (Å²) in [4.78, 5) is 8.21. The molecular formula is C14H25N3OS. The molecule has 0 radical (unpaired) electrons. The maximum atomic E-state index is 6.11. The van der Waals surface area contributed by atoms with Gasteiger partial charge in [0.15, 0.2) is 5.13 Å². The van der Waals surface area contributed by atoms with Crippen molar-refractivity contribution in [1.82, 2.24) is 10.3 Å². The van der Waals surface area contributed by atoms with Gasteiger partial charge in [-0.15, -0.1) is 11.3 Å². The highest BCUT2D eigenvalue weighted by Crippen LogP contribution is 2.34. The summed E-state index contributed by atoms with van der Waals surface area (Å²) < 4.78 is 6.11. The molecule has 1 saturated heterocycles. The number of hydrogen-bond donors (Lipinski definition) is 1. The number of morpholine rings is 1. The lowest BCUT2D eigenvalue weighted by Crippen LogP contribution is -2.57. The number of nitrogens with zero attached hydrogens (tertiary/aromatic N) is 2. The van der Waals surface area contributed by atoms with E-state index < -0.39 is 0 Å². The van der Waals surface area contributed by atoms with Gasteiger partial charge in [0.05, 0.1) is 11.2 Å². The number of thiazole rings is 1. The van der Waals surface area contributed by atoms with E-state index >= 15 is 0 Å². The van der Waals surface area contributed by atoms with Crippen molar-refractivity contribution in [3.8, 4) is 0 Å². The molecule has 0 bridgehead atoms. The van der Waals surface area contributed by atoms with Crippen LogP contribution < -0.4 is 10.2 Å². The number of hydrogen-bond acceptors (Lipinski definition) is 5. The SMILES string of the molecule is CNC(C)c1cnc(N2CC(C)(C)OC(C)(C)C2)s1. The van der Waals surface area contributed by atoms with Crippen LogP contribution in [0.3, 0.4) is 0 Å². The highest BCUT2D eigenvalue weighted by molar-refractivity contribution is 7.15. The predicted molar refractivity (Wildman–Crippen MR) is 81.0 cm³/mol. The molecule has 2 heterocycles. The van der Waals surface area contributed by atoms with Gasteiger partial charge in [0.1, 0.15) is 0 Å². The first-order valence-corrected chi connectivity index (χ1v) is 7.62. The molecule has 1 aromatic heterocycles. The second-order valence-electron chi connectivity index (χ2n) is 6.53. The Hall–Kier alpha value is -0.650. The Morgan fingerprint density at radius 2 is 1.89 bits per heavy atom. The van der Waals surface area contributed by atoms with Crippen LogP contribution in [0, 0.1) is 0 Å². The summed E-state index contributed by atoms with van der Waals surface area (Å²) in [5, 5.41) is 4.36. The Kier molecular flexibility index (Phi) is 3.91. The fourth-order valence-corrected chi connectivity index (χ4v) is 3.66. The van der Waals surface area contributed by atoms with Crippen molar-refractivity contribution >= 4 is 16.5 Å². The fraction of sp³-hybridized carbons (Fsp3) is 0.786. The minimum absolute atomic E-state index is 0.137. The molecule has 0 aromatic carbocycles. The molecule has 4 nitrogen and oxygen atoms in total. The number of nitrogens with one attached hydrogen (secondary N) is 1. The van der Waals surface area contributed by atoms with Crippen LogP contribution in [0.5, 0.6) is 0 Å². The number of anilines is 1. The van der Waals surface area contributed by atoms with Crippen LogP contribution in [-0.4, -0.2) is 36.3 Å². The second kappa shape index (κ2) is 5.04. The van der Waals surface area contributed by atoms with E-state index in [9.17, 15) is 0 Å². The Morgan fingerprint density at radius 3 is 2.42 bits per heavy atom. The van der Waals surface area contributed by atoms with Crippen molar-refractivity contribution in [3.63, 3.8) is 0 Å². The molecule has 1 N–H and O–H groups in total. The van der Waals surface area contributed by atoms with E-state index in [-0.39, 0.29) is 11.2 Å². The van der Waals surface area contributed by atoms with Gasteiger partial charge in [-0.1, -0.05) is 0 Å². The minimum Gasteiger partial charge on any atom is -0.366 e. The summed E-state index contributed by atoms with van der Waals surface area (Å²) in [6.45, 7) is 12.5. The van der Waals surface area contributed by atoms with E-state index in [1.54, 1.807) is 11.3 Å². The summed E-state index contributed by atoms with van der Waals surface area (Å²) in [5.74, 6) is 0. The van der Waals surface area contributed by atoms with Gasteiger partial charge >= 0.3 is 0 Å². The molecule has 0 saturated carbocycles. The lowest BCUT2D eigenvalue weighted by molar-refractivity contribution is -0.133. The molecular weight excluding hydrogens is 258 g/mol. The van der Waals surface area contributed by atoms with Crippen LogP contribution in [0.25, 0.3) is 0 Å². The molecule has 2 rings (SSSR count). The molecule has 1 unspecified atom stereocenters. The van der Waals surface area contributed by atoms with Crippen LogP contribution in [0.15, 0.2) is 6.20 Å². The average molecular weight is 283 g/mol. The standard InChI is InChI=1S/C14H25N3OS/c1-10(15-6)11-7-16-12(19-11)17-8-13(2,3)18-14(4,5)9-17/h7,10,15H,8-9H2,1-6H3. The van der Waals surface area contributed by atoms with Crippen molar-refractivity contribution in [2.45, 2.75) is 51.9 Å².